The molecule has 0 saturated heterocycles. The lowest BCUT2D eigenvalue weighted by atomic mass is 9.83. The van der Waals surface area contributed by atoms with Crippen LogP contribution >= 0.6 is 11.8 Å². The fourth-order valence-electron chi connectivity index (χ4n) is 4.31. The summed E-state index contributed by atoms with van der Waals surface area (Å²) >= 11 is 0.978. The first-order chi connectivity index (χ1) is 15.1. The maximum atomic E-state index is 14.7. The van der Waals surface area contributed by atoms with Crippen molar-refractivity contribution < 1.29 is 18.3 Å². The average molecular weight is 453 g/mol. The van der Waals surface area contributed by atoms with Crippen LogP contribution in [0.15, 0.2) is 66.3 Å². The number of pyridine rings is 1. The summed E-state index contributed by atoms with van der Waals surface area (Å²) in [5, 5.41) is 10.7. The third-order valence-corrected chi connectivity index (χ3v) is 6.82. The van der Waals surface area contributed by atoms with Gasteiger partial charge in [0.05, 0.1) is 5.69 Å². The van der Waals surface area contributed by atoms with Crippen LogP contribution < -0.4 is 11.2 Å². The highest BCUT2D eigenvalue weighted by atomic mass is 32.2. The van der Waals surface area contributed by atoms with Gasteiger partial charge in [-0.3, -0.25) is 9.36 Å². The predicted octanol–water partition coefficient (Wildman–Crippen LogP) is 5.03. The van der Waals surface area contributed by atoms with E-state index in [0.717, 1.165) is 29.5 Å². The lowest BCUT2D eigenvalue weighted by Crippen LogP contribution is -2.24. The van der Waals surface area contributed by atoms with Gasteiger partial charge in [-0.15, -0.1) is 0 Å². The number of halogens is 2. The van der Waals surface area contributed by atoms with E-state index in [0.29, 0.717) is 10.6 Å². The smallest absolute Gasteiger partial charge is 0.354 e. The lowest BCUT2D eigenvalue weighted by Gasteiger charge is -2.20. The van der Waals surface area contributed by atoms with E-state index in [4.69, 9.17) is 4.42 Å². The van der Waals surface area contributed by atoms with Gasteiger partial charge in [-0.05, 0) is 25.1 Å². The summed E-state index contributed by atoms with van der Waals surface area (Å²) in [6.07, 6.45) is 0. The average Bonchev–Trinajstić information content (AvgIpc) is 2.92. The lowest BCUT2D eigenvalue weighted by molar-refractivity contribution is 0.445. The fraction of sp³-hybridized carbons (Fsp3) is 0.167. The number of aromatic hydroxyl groups is 1. The summed E-state index contributed by atoms with van der Waals surface area (Å²) in [6, 6.07) is 10.6. The molecule has 1 aliphatic rings. The molecule has 0 aliphatic carbocycles. The largest absolute Gasteiger partial charge is 0.505 e. The van der Waals surface area contributed by atoms with E-state index in [1.807, 2.05) is 19.1 Å². The Morgan fingerprint density at radius 1 is 1.09 bits per heavy atom. The molecule has 162 valence electrons. The number of benzene rings is 2. The minimum Gasteiger partial charge on any atom is -0.505 e. The second-order valence-corrected chi connectivity index (χ2v) is 9.39. The first-order valence-electron chi connectivity index (χ1n) is 9.80. The highest BCUT2D eigenvalue weighted by Gasteiger charge is 2.41. The topological polar surface area (TPSA) is 72.4 Å². The van der Waals surface area contributed by atoms with Crippen molar-refractivity contribution in [2.75, 3.05) is 0 Å². The fourth-order valence-corrected chi connectivity index (χ4v) is 5.26. The zero-order valence-electron chi connectivity index (χ0n) is 17.3. The van der Waals surface area contributed by atoms with Gasteiger partial charge < -0.3 is 9.52 Å². The maximum absolute atomic E-state index is 14.7. The van der Waals surface area contributed by atoms with E-state index in [1.165, 1.54) is 10.6 Å². The molecule has 0 saturated carbocycles. The Morgan fingerprint density at radius 2 is 1.84 bits per heavy atom. The Balaban J connectivity index is 1.82. The molecule has 0 amide bonds. The molecule has 0 spiro atoms. The van der Waals surface area contributed by atoms with Crippen LogP contribution in [0.2, 0.25) is 0 Å². The van der Waals surface area contributed by atoms with Crippen LogP contribution in [0.3, 0.4) is 0 Å². The minimum atomic E-state index is -0.996. The van der Waals surface area contributed by atoms with Crippen LogP contribution in [0, 0.1) is 18.6 Å². The van der Waals surface area contributed by atoms with Crippen molar-refractivity contribution >= 4 is 22.7 Å². The van der Waals surface area contributed by atoms with E-state index in [-0.39, 0.29) is 27.1 Å². The monoisotopic (exact) mass is 453 g/mol. The molecule has 5 nitrogen and oxygen atoms in total. The van der Waals surface area contributed by atoms with Crippen molar-refractivity contribution in [2.24, 2.45) is 0 Å². The second kappa shape index (κ2) is 6.80. The molecule has 0 unspecified atom stereocenters. The standard InChI is InChI=1S/C24H17F2NO4S/c1-11-5-4-6-13(7-11)32-21-20(28)18-16(31-23(21)30)10-17-24(2,3)19-14(26)8-12(25)9-15(19)27(17)22(18)29/h4-10,28H,1-3H3. The molecule has 0 atom stereocenters. The van der Waals surface area contributed by atoms with Crippen molar-refractivity contribution in [2.45, 2.75) is 36.0 Å². The Hall–Kier alpha value is -3.39. The van der Waals surface area contributed by atoms with Crippen LogP contribution in [-0.2, 0) is 5.41 Å². The third-order valence-electron chi connectivity index (χ3n) is 5.76. The Kier molecular flexibility index (Phi) is 4.36. The highest BCUT2D eigenvalue weighted by Crippen LogP contribution is 2.45. The second-order valence-electron chi connectivity index (χ2n) is 8.30. The van der Waals surface area contributed by atoms with Gasteiger partial charge >= 0.3 is 5.63 Å². The first-order valence-corrected chi connectivity index (χ1v) is 10.6. The van der Waals surface area contributed by atoms with E-state index in [2.05, 4.69) is 0 Å². The molecular weight excluding hydrogens is 436 g/mol. The van der Waals surface area contributed by atoms with Gasteiger partial charge in [0.2, 0.25) is 0 Å². The van der Waals surface area contributed by atoms with Gasteiger partial charge in [-0.1, -0.05) is 43.3 Å². The molecule has 1 aliphatic heterocycles. The SMILES string of the molecule is Cc1cccc(Sc2c(O)c3c(=O)n4c(cc3oc2=O)C(C)(C)c2c(F)cc(F)cc2-4)c1. The maximum Gasteiger partial charge on any atom is 0.354 e. The molecule has 0 fully saturated rings. The number of fused-ring (bicyclic) bond motifs is 4. The molecule has 4 aromatic rings. The number of rotatable bonds is 2. The van der Waals surface area contributed by atoms with Crippen molar-refractivity contribution in [3.05, 3.63) is 91.7 Å². The number of hydrogen-bond acceptors (Lipinski definition) is 5. The molecule has 0 bridgehead atoms. The summed E-state index contributed by atoms with van der Waals surface area (Å²) in [6.45, 7) is 5.27. The zero-order chi connectivity index (χ0) is 22.9. The van der Waals surface area contributed by atoms with Gasteiger partial charge in [-0.25, -0.2) is 13.6 Å². The van der Waals surface area contributed by atoms with E-state index < -0.39 is 34.0 Å². The van der Waals surface area contributed by atoms with Crippen LogP contribution in [0.25, 0.3) is 16.7 Å². The zero-order valence-corrected chi connectivity index (χ0v) is 18.1. The summed E-state index contributed by atoms with van der Waals surface area (Å²) in [5.74, 6) is -2.12. The number of aryl methyl sites for hydroxylation is 1. The predicted molar refractivity (Wildman–Crippen MR) is 117 cm³/mol. The molecule has 2 aromatic carbocycles. The van der Waals surface area contributed by atoms with Gasteiger partial charge in [-0.2, -0.15) is 0 Å². The van der Waals surface area contributed by atoms with Gasteiger partial charge in [0.25, 0.3) is 5.56 Å². The van der Waals surface area contributed by atoms with Gasteiger partial charge in [0.15, 0.2) is 5.75 Å². The number of hydrogen-bond donors (Lipinski definition) is 1. The van der Waals surface area contributed by atoms with E-state index in [1.54, 1.807) is 26.0 Å². The van der Waals surface area contributed by atoms with Gasteiger partial charge in [0.1, 0.15) is 27.5 Å². The minimum absolute atomic E-state index is 0.0629. The summed E-state index contributed by atoms with van der Waals surface area (Å²) in [7, 11) is 0. The summed E-state index contributed by atoms with van der Waals surface area (Å²) < 4.78 is 35.3. The van der Waals surface area contributed by atoms with Crippen molar-refractivity contribution in [3.8, 4) is 11.4 Å². The van der Waals surface area contributed by atoms with Gasteiger partial charge in [0, 0.05) is 33.7 Å². The van der Waals surface area contributed by atoms with Crippen LogP contribution in [0.4, 0.5) is 8.78 Å². The third kappa shape index (κ3) is 2.82. The van der Waals surface area contributed by atoms with Crippen LogP contribution in [0.5, 0.6) is 5.75 Å². The number of aromatic nitrogens is 1. The molecule has 32 heavy (non-hydrogen) atoms. The van der Waals surface area contributed by atoms with E-state index >= 15 is 0 Å². The number of nitrogens with zero attached hydrogens (tertiary/aromatic N) is 1. The molecule has 1 N–H and O–H groups in total. The Morgan fingerprint density at radius 3 is 2.56 bits per heavy atom. The highest BCUT2D eigenvalue weighted by molar-refractivity contribution is 7.99. The van der Waals surface area contributed by atoms with Crippen LogP contribution in [0.1, 0.15) is 30.7 Å². The van der Waals surface area contributed by atoms with E-state index in [9.17, 15) is 23.5 Å². The van der Waals surface area contributed by atoms with Crippen LogP contribution in [-0.4, -0.2) is 9.67 Å². The summed E-state index contributed by atoms with van der Waals surface area (Å²) in [5.41, 5.74) is -1.12. The molecule has 8 heteroatoms. The Bertz CT molecular complexity index is 1570. The molecular formula is C24H17F2NO4S. The normalized spacial score (nSPS) is 13.9. The quantitative estimate of drug-likeness (QED) is 0.461. The Labute approximate surface area is 184 Å². The van der Waals surface area contributed by atoms with Crippen molar-refractivity contribution in [1.82, 2.24) is 4.57 Å². The molecule has 0 radical (unpaired) electrons. The first kappa shape index (κ1) is 20.5. The molecule has 5 rings (SSSR count). The van der Waals surface area contributed by atoms with Crippen molar-refractivity contribution in [1.29, 1.82) is 0 Å². The molecule has 3 heterocycles. The summed E-state index contributed by atoms with van der Waals surface area (Å²) in [4.78, 5) is 26.7. The molecule has 2 aromatic heterocycles. The van der Waals surface area contributed by atoms with Crippen molar-refractivity contribution in [3.63, 3.8) is 0 Å².